The van der Waals surface area contributed by atoms with E-state index >= 15 is 0 Å². The van der Waals surface area contributed by atoms with E-state index in [0.717, 1.165) is 16.8 Å². The first-order chi connectivity index (χ1) is 12.1. The van der Waals surface area contributed by atoms with Crippen LogP contribution in [0.25, 0.3) is 11.6 Å². The van der Waals surface area contributed by atoms with E-state index in [9.17, 15) is 4.79 Å². The third-order valence-corrected chi connectivity index (χ3v) is 5.67. The molecule has 136 valence electrons. The molecule has 3 heteroatoms. The van der Waals surface area contributed by atoms with Gasteiger partial charge in [-0.3, -0.25) is 4.98 Å². The number of allylic oxidation sites excluding steroid dienone is 1. The highest BCUT2D eigenvalue weighted by molar-refractivity contribution is 5.88. The van der Waals surface area contributed by atoms with E-state index < -0.39 is 5.97 Å². The van der Waals surface area contributed by atoms with Crippen LogP contribution in [-0.4, -0.2) is 16.1 Å². The lowest BCUT2D eigenvalue weighted by atomic mass is 9.63. The van der Waals surface area contributed by atoms with Crippen LogP contribution < -0.4 is 0 Å². The summed E-state index contributed by atoms with van der Waals surface area (Å²) in [6.07, 6.45) is 5.94. The monoisotopic (exact) mass is 349 g/mol. The van der Waals surface area contributed by atoms with Gasteiger partial charge in [0.25, 0.3) is 0 Å². The molecule has 3 nitrogen and oxygen atoms in total. The van der Waals surface area contributed by atoms with Crippen molar-refractivity contribution in [2.75, 3.05) is 0 Å². The fourth-order valence-corrected chi connectivity index (χ4v) is 3.77. The summed E-state index contributed by atoms with van der Waals surface area (Å²) in [6.45, 7) is 11.3. The first-order valence-electron chi connectivity index (χ1n) is 9.13. The smallest absolute Gasteiger partial charge is 0.337 e. The Morgan fingerprint density at radius 1 is 1.04 bits per heavy atom. The lowest BCUT2D eigenvalue weighted by Gasteiger charge is -2.42. The zero-order valence-corrected chi connectivity index (χ0v) is 16.3. The van der Waals surface area contributed by atoms with Gasteiger partial charge >= 0.3 is 5.97 Å². The molecule has 0 aliphatic heterocycles. The minimum absolute atomic E-state index is 0.185. The van der Waals surface area contributed by atoms with Crippen LogP contribution in [0.15, 0.2) is 36.5 Å². The van der Waals surface area contributed by atoms with Gasteiger partial charge in [0.05, 0.1) is 11.3 Å². The molecule has 1 aromatic carbocycles. The molecule has 0 atom stereocenters. The average Bonchev–Trinajstić information content (AvgIpc) is 2.59. The van der Waals surface area contributed by atoms with Gasteiger partial charge in [0.2, 0.25) is 0 Å². The Balaban J connectivity index is 1.97. The van der Waals surface area contributed by atoms with E-state index in [4.69, 9.17) is 5.11 Å². The predicted molar refractivity (Wildman–Crippen MR) is 106 cm³/mol. The summed E-state index contributed by atoms with van der Waals surface area (Å²) in [6, 6.07) is 10.1. The fraction of sp³-hybridized carbons (Fsp3) is 0.391. The van der Waals surface area contributed by atoms with Gasteiger partial charge in [0, 0.05) is 6.20 Å². The molecular weight excluding hydrogens is 322 g/mol. The van der Waals surface area contributed by atoms with Crippen molar-refractivity contribution in [2.45, 2.75) is 58.3 Å². The molecule has 26 heavy (non-hydrogen) atoms. The van der Waals surface area contributed by atoms with Crippen LogP contribution in [0.4, 0.5) is 0 Å². The second-order valence-electron chi connectivity index (χ2n) is 8.64. The standard InChI is InChI=1S/C23H27NO2/c1-15(20-9-7-17(14-24-20)21(25)26)12-16-6-8-18-19(13-16)23(4,5)11-10-22(18,2)3/h6-9,12-14H,10-11H2,1-5H3,(H,25,26). The van der Waals surface area contributed by atoms with E-state index in [-0.39, 0.29) is 16.4 Å². The van der Waals surface area contributed by atoms with Crippen LogP contribution >= 0.6 is 0 Å². The van der Waals surface area contributed by atoms with Crippen molar-refractivity contribution in [3.63, 3.8) is 0 Å². The van der Waals surface area contributed by atoms with Crippen molar-refractivity contribution in [1.82, 2.24) is 4.98 Å². The van der Waals surface area contributed by atoms with E-state index in [1.54, 1.807) is 12.1 Å². The first kappa shape index (κ1) is 18.4. The van der Waals surface area contributed by atoms with Gasteiger partial charge in [0.1, 0.15) is 0 Å². The van der Waals surface area contributed by atoms with Gasteiger partial charge in [-0.25, -0.2) is 4.79 Å². The molecule has 1 N–H and O–H groups in total. The summed E-state index contributed by atoms with van der Waals surface area (Å²) in [7, 11) is 0. The molecule has 1 aliphatic rings. The SMILES string of the molecule is CC(=Cc1ccc2c(c1)C(C)(C)CCC2(C)C)c1ccc(C(=O)O)cn1. The molecule has 0 bridgehead atoms. The van der Waals surface area contributed by atoms with Crippen molar-refractivity contribution in [3.8, 4) is 0 Å². The Morgan fingerprint density at radius 2 is 1.69 bits per heavy atom. The number of pyridine rings is 1. The van der Waals surface area contributed by atoms with E-state index in [2.05, 4.69) is 57.0 Å². The molecule has 3 rings (SSSR count). The van der Waals surface area contributed by atoms with Crippen LogP contribution in [0.5, 0.6) is 0 Å². The summed E-state index contributed by atoms with van der Waals surface area (Å²) in [5, 5.41) is 9.00. The minimum Gasteiger partial charge on any atom is -0.478 e. The van der Waals surface area contributed by atoms with Crippen molar-refractivity contribution in [3.05, 3.63) is 64.5 Å². The largest absolute Gasteiger partial charge is 0.478 e. The summed E-state index contributed by atoms with van der Waals surface area (Å²) in [4.78, 5) is 15.3. The number of hydrogen-bond acceptors (Lipinski definition) is 2. The number of carboxylic acid groups (broad SMARTS) is 1. The highest BCUT2D eigenvalue weighted by Crippen LogP contribution is 2.46. The van der Waals surface area contributed by atoms with Gasteiger partial charge in [-0.1, -0.05) is 45.9 Å². The number of rotatable bonds is 3. The van der Waals surface area contributed by atoms with Crippen LogP contribution in [-0.2, 0) is 10.8 Å². The lowest BCUT2D eigenvalue weighted by Crippen LogP contribution is -2.33. The maximum atomic E-state index is 11.0. The number of hydrogen-bond donors (Lipinski definition) is 1. The second-order valence-corrected chi connectivity index (χ2v) is 8.64. The molecule has 0 saturated heterocycles. The molecular formula is C23H27NO2. The van der Waals surface area contributed by atoms with Gasteiger partial charge in [-0.2, -0.15) is 0 Å². The normalized spacial score (nSPS) is 18.3. The van der Waals surface area contributed by atoms with Crippen LogP contribution in [0.2, 0.25) is 0 Å². The molecule has 2 aromatic rings. The summed E-state index contributed by atoms with van der Waals surface area (Å²) >= 11 is 0. The van der Waals surface area contributed by atoms with Crippen molar-refractivity contribution in [1.29, 1.82) is 0 Å². The average molecular weight is 349 g/mol. The predicted octanol–water partition coefficient (Wildman–Crippen LogP) is 5.69. The third kappa shape index (κ3) is 3.44. The maximum Gasteiger partial charge on any atom is 0.337 e. The van der Waals surface area contributed by atoms with Crippen LogP contribution in [0.1, 0.15) is 80.2 Å². The molecule has 1 aromatic heterocycles. The topological polar surface area (TPSA) is 50.2 Å². The van der Waals surface area contributed by atoms with Gasteiger partial charge in [-0.15, -0.1) is 0 Å². The Morgan fingerprint density at radius 3 is 2.27 bits per heavy atom. The Hall–Kier alpha value is -2.42. The lowest BCUT2D eigenvalue weighted by molar-refractivity contribution is 0.0696. The van der Waals surface area contributed by atoms with Gasteiger partial charge in [0.15, 0.2) is 0 Å². The number of benzene rings is 1. The van der Waals surface area contributed by atoms with E-state index in [1.807, 2.05) is 6.92 Å². The molecule has 0 radical (unpaired) electrons. The molecule has 0 unspecified atom stereocenters. The summed E-state index contributed by atoms with van der Waals surface area (Å²) < 4.78 is 0. The molecule has 0 fully saturated rings. The number of carbonyl (C=O) groups is 1. The van der Waals surface area contributed by atoms with Crippen molar-refractivity contribution in [2.24, 2.45) is 0 Å². The summed E-state index contributed by atoms with van der Waals surface area (Å²) in [5.41, 5.74) is 6.48. The van der Waals surface area contributed by atoms with Crippen molar-refractivity contribution >= 4 is 17.6 Å². The number of aromatic nitrogens is 1. The zero-order chi connectivity index (χ0) is 19.1. The molecule has 0 spiro atoms. The quantitative estimate of drug-likeness (QED) is 0.774. The Bertz CT molecular complexity index is 874. The molecule has 0 amide bonds. The number of carboxylic acids is 1. The van der Waals surface area contributed by atoms with E-state index in [1.165, 1.54) is 30.2 Å². The summed E-state index contributed by atoms with van der Waals surface area (Å²) in [5.74, 6) is -0.954. The minimum atomic E-state index is -0.954. The number of nitrogens with zero attached hydrogens (tertiary/aromatic N) is 1. The second kappa shape index (κ2) is 6.39. The molecule has 0 saturated carbocycles. The maximum absolute atomic E-state index is 11.0. The van der Waals surface area contributed by atoms with E-state index in [0.29, 0.717) is 0 Å². The zero-order valence-electron chi connectivity index (χ0n) is 16.3. The third-order valence-electron chi connectivity index (χ3n) is 5.67. The van der Waals surface area contributed by atoms with Gasteiger partial charge < -0.3 is 5.11 Å². The number of fused-ring (bicyclic) bond motifs is 1. The number of aromatic carboxylic acids is 1. The first-order valence-corrected chi connectivity index (χ1v) is 9.13. The van der Waals surface area contributed by atoms with Crippen molar-refractivity contribution < 1.29 is 9.90 Å². The molecule has 1 heterocycles. The fourth-order valence-electron chi connectivity index (χ4n) is 3.77. The van der Waals surface area contributed by atoms with Gasteiger partial charge in [-0.05, 0) is 71.1 Å². The Labute approximate surface area is 155 Å². The van der Waals surface area contributed by atoms with Crippen LogP contribution in [0, 0.1) is 0 Å². The van der Waals surface area contributed by atoms with Crippen LogP contribution in [0.3, 0.4) is 0 Å². The Kier molecular flexibility index (Phi) is 4.51. The molecule has 1 aliphatic carbocycles. The highest BCUT2D eigenvalue weighted by Gasteiger charge is 2.36. The highest BCUT2D eigenvalue weighted by atomic mass is 16.4.